The fraction of sp³-hybridized carbons (Fsp3) is 0.375. The third-order valence-electron chi connectivity index (χ3n) is 1.59. The highest BCUT2D eigenvalue weighted by Crippen LogP contribution is 2.08. The molecule has 0 radical (unpaired) electrons. The van der Waals surface area contributed by atoms with Crippen LogP contribution in [-0.2, 0) is 16.6 Å². The first-order valence-corrected chi connectivity index (χ1v) is 5.49. The van der Waals surface area contributed by atoms with Crippen LogP contribution in [-0.4, -0.2) is 26.3 Å². The molecule has 0 amide bonds. The summed E-state index contributed by atoms with van der Waals surface area (Å²) in [6.45, 7) is 0. The summed E-state index contributed by atoms with van der Waals surface area (Å²) in [5.41, 5.74) is 0.491. The Morgan fingerprint density at radius 3 is 2.79 bits per heavy atom. The Kier molecular flexibility index (Phi) is 3.40. The largest absolute Gasteiger partial charge is 0.481 e. The summed E-state index contributed by atoms with van der Waals surface area (Å²) in [5.74, 6) is -0.161. The van der Waals surface area contributed by atoms with Crippen molar-refractivity contribution in [2.45, 2.75) is 6.42 Å². The van der Waals surface area contributed by atoms with Gasteiger partial charge in [-0.3, -0.25) is 0 Å². The molecule has 0 fully saturated rings. The molecule has 14 heavy (non-hydrogen) atoms. The predicted molar refractivity (Wildman–Crippen MR) is 49.4 cm³/mol. The molecule has 0 aliphatic carbocycles. The van der Waals surface area contributed by atoms with E-state index in [4.69, 9.17) is 4.74 Å². The van der Waals surface area contributed by atoms with Crippen LogP contribution in [0.4, 0.5) is 3.89 Å². The fourth-order valence-electron chi connectivity index (χ4n) is 0.937. The number of ether oxygens (including phenoxy) is 1. The summed E-state index contributed by atoms with van der Waals surface area (Å²) < 4.78 is 37.5. The molecule has 1 rings (SSSR count). The normalized spacial score (nSPS) is 11.3. The van der Waals surface area contributed by atoms with Crippen LogP contribution in [0.15, 0.2) is 18.2 Å². The van der Waals surface area contributed by atoms with Crippen molar-refractivity contribution in [3.8, 4) is 5.88 Å². The molecule has 0 aliphatic rings. The molecule has 0 saturated heterocycles. The van der Waals surface area contributed by atoms with E-state index in [1.54, 1.807) is 18.2 Å². The van der Waals surface area contributed by atoms with Crippen LogP contribution in [0.2, 0.25) is 0 Å². The van der Waals surface area contributed by atoms with Gasteiger partial charge in [-0.2, -0.15) is 8.42 Å². The van der Waals surface area contributed by atoms with Gasteiger partial charge in [0.2, 0.25) is 5.88 Å². The Bertz CT molecular complexity index is 405. The molecular weight excluding hydrogens is 209 g/mol. The SMILES string of the molecule is COc1cccc(CCS(=O)(=O)F)n1. The third-order valence-corrected chi connectivity index (χ3v) is 2.28. The predicted octanol–water partition coefficient (Wildman–Crippen LogP) is 0.932. The van der Waals surface area contributed by atoms with Gasteiger partial charge in [-0.25, -0.2) is 4.98 Å². The zero-order valence-corrected chi connectivity index (χ0v) is 8.42. The summed E-state index contributed by atoms with van der Waals surface area (Å²) in [6, 6.07) is 4.92. The average molecular weight is 219 g/mol. The fourth-order valence-corrected chi connectivity index (χ4v) is 1.39. The van der Waals surface area contributed by atoms with E-state index in [9.17, 15) is 12.3 Å². The van der Waals surface area contributed by atoms with Crippen molar-refractivity contribution in [3.63, 3.8) is 0 Å². The lowest BCUT2D eigenvalue weighted by molar-refractivity contribution is 0.396. The van der Waals surface area contributed by atoms with E-state index in [-0.39, 0.29) is 6.42 Å². The molecule has 0 atom stereocenters. The number of nitrogens with zero attached hydrogens (tertiary/aromatic N) is 1. The Hall–Kier alpha value is -1.17. The highest BCUT2D eigenvalue weighted by molar-refractivity contribution is 7.86. The first-order valence-electron chi connectivity index (χ1n) is 3.93. The second-order valence-electron chi connectivity index (χ2n) is 2.66. The lowest BCUT2D eigenvalue weighted by Gasteiger charge is -2.01. The van der Waals surface area contributed by atoms with E-state index in [1.807, 2.05) is 0 Å². The number of aryl methyl sites for hydroxylation is 1. The Morgan fingerprint density at radius 1 is 1.50 bits per heavy atom. The van der Waals surface area contributed by atoms with Crippen molar-refractivity contribution in [2.75, 3.05) is 12.9 Å². The van der Waals surface area contributed by atoms with Crippen LogP contribution in [0.25, 0.3) is 0 Å². The van der Waals surface area contributed by atoms with Crippen molar-refractivity contribution in [3.05, 3.63) is 23.9 Å². The van der Waals surface area contributed by atoms with Gasteiger partial charge in [0.1, 0.15) is 0 Å². The van der Waals surface area contributed by atoms with Gasteiger partial charge in [0.25, 0.3) is 0 Å². The van der Waals surface area contributed by atoms with Crippen LogP contribution < -0.4 is 4.74 Å². The minimum atomic E-state index is -4.42. The maximum atomic E-state index is 12.2. The molecule has 78 valence electrons. The van der Waals surface area contributed by atoms with Crippen LogP contribution in [0.1, 0.15) is 5.69 Å². The topological polar surface area (TPSA) is 56.3 Å². The molecule has 1 aromatic heterocycles. The average Bonchev–Trinajstić information content (AvgIpc) is 2.14. The van der Waals surface area contributed by atoms with E-state index in [0.717, 1.165) is 0 Å². The highest BCUT2D eigenvalue weighted by atomic mass is 32.3. The molecule has 0 aliphatic heterocycles. The van der Waals surface area contributed by atoms with E-state index < -0.39 is 16.0 Å². The van der Waals surface area contributed by atoms with Gasteiger partial charge >= 0.3 is 10.2 Å². The van der Waals surface area contributed by atoms with Crippen LogP contribution >= 0.6 is 0 Å². The summed E-state index contributed by atoms with van der Waals surface area (Å²) in [7, 11) is -2.97. The monoisotopic (exact) mass is 219 g/mol. The van der Waals surface area contributed by atoms with E-state index in [1.165, 1.54) is 7.11 Å². The molecule has 0 aromatic carbocycles. The summed E-state index contributed by atoms with van der Waals surface area (Å²) in [6.07, 6.45) is 0.0516. The Balaban J connectivity index is 2.68. The molecule has 1 heterocycles. The van der Waals surface area contributed by atoms with Crippen LogP contribution in [0, 0.1) is 0 Å². The van der Waals surface area contributed by atoms with Crippen molar-refractivity contribution in [2.24, 2.45) is 0 Å². The van der Waals surface area contributed by atoms with Crippen molar-refractivity contribution < 1.29 is 17.0 Å². The molecule has 0 spiro atoms. The molecule has 0 bridgehead atoms. The van der Waals surface area contributed by atoms with Gasteiger partial charge in [0.05, 0.1) is 12.9 Å². The van der Waals surface area contributed by atoms with E-state index in [2.05, 4.69) is 4.98 Å². The third kappa shape index (κ3) is 3.69. The zero-order chi connectivity index (χ0) is 10.6. The number of pyridine rings is 1. The standard InChI is InChI=1S/C8H10FNO3S/c1-13-8-4-2-3-7(10-8)5-6-14(9,11)12/h2-4H,5-6H2,1H3. The smallest absolute Gasteiger partial charge is 0.302 e. The van der Waals surface area contributed by atoms with Gasteiger partial charge in [-0.1, -0.05) is 6.07 Å². The van der Waals surface area contributed by atoms with Crippen molar-refractivity contribution in [1.82, 2.24) is 4.98 Å². The number of rotatable bonds is 4. The van der Waals surface area contributed by atoms with E-state index in [0.29, 0.717) is 11.6 Å². The van der Waals surface area contributed by atoms with Crippen LogP contribution in [0.3, 0.4) is 0 Å². The quantitative estimate of drug-likeness (QED) is 0.707. The van der Waals surface area contributed by atoms with Crippen LogP contribution in [0.5, 0.6) is 5.88 Å². The first kappa shape index (κ1) is 10.9. The second-order valence-corrected chi connectivity index (χ2v) is 4.15. The molecule has 1 aromatic rings. The second kappa shape index (κ2) is 4.36. The number of halogens is 1. The Labute approximate surface area is 81.9 Å². The van der Waals surface area contributed by atoms with Crippen molar-refractivity contribution >= 4 is 10.2 Å². The molecule has 4 nitrogen and oxygen atoms in total. The van der Waals surface area contributed by atoms with Gasteiger partial charge in [-0.05, 0) is 6.07 Å². The van der Waals surface area contributed by atoms with Gasteiger partial charge in [0, 0.05) is 18.2 Å². The summed E-state index contributed by atoms with van der Waals surface area (Å²) in [5, 5.41) is 0. The molecular formula is C8H10FNO3S. The lowest BCUT2D eigenvalue weighted by atomic mass is 10.3. The first-order chi connectivity index (χ1) is 6.51. The zero-order valence-electron chi connectivity index (χ0n) is 7.60. The van der Waals surface area contributed by atoms with Gasteiger partial charge in [-0.15, -0.1) is 3.89 Å². The number of aromatic nitrogens is 1. The summed E-state index contributed by atoms with van der Waals surface area (Å²) in [4.78, 5) is 3.94. The van der Waals surface area contributed by atoms with E-state index >= 15 is 0 Å². The summed E-state index contributed by atoms with van der Waals surface area (Å²) >= 11 is 0. The van der Waals surface area contributed by atoms with Crippen molar-refractivity contribution in [1.29, 1.82) is 0 Å². The maximum absolute atomic E-state index is 12.2. The van der Waals surface area contributed by atoms with Gasteiger partial charge < -0.3 is 4.74 Å². The lowest BCUT2D eigenvalue weighted by Crippen LogP contribution is -2.03. The molecule has 0 N–H and O–H groups in total. The van der Waals surface area contributed by atoms with Gasteiger partial charge in [0.15, 0.2) is 0 Å². The highest BCUT2D eigenvalue weighted by Gasteiger charge is 2.08. The maximum Gasteiger partial charge on any atom is 0.302 e. The minimum Gasteiger partial charge on any atom is -0.481 e. The number of hydrogen-bond donors (Lipinski definition) is 0. The number of hydrogen-bond acceptors (Lipinski definition) is 4. The molecule has 6 heteroatoms. The molecule has 0 saturated carbocycles. The molecule has 0 unspecified atom stereocenters. The Morgan fingerprint density at radius 2 is 2.21 bits per heavy atom. The number of methoxy groups -OCH3 is 1. The minimum absolute atomic E-state index is 0.0516.